The lowest BCUT2D eigenvalue weighted by atomic mass is 10.0. The number of benzene rings is 2. The molecule has 2 rings (SSSR count). The van der Waals surface area contributed by atoms with Crippen molar-refractivity contribution in [1.82, 2.24) is 10.2 Å². The van der Waals surface area contributed by atoms with Crippen molar-refractivity contribution in [2.75, 3.05) is 20.6 Å². The second-order valence-electron chi connectivity index (χ2n) is 5.83. The molecule has 0 saturated carbocycles. The monoisotopic (exact) mass is 384 g/mol. The van der Waals surface area contributed by atoms with Crippen LogP contribution in [0.4, 0.5) is 0 Å². The van der Waals surface area contributed by atoms with Gasteiger partial charge in [-0.05, 0) is 63.0 Å². The van der Waals surface area contributed by atoms with Crippen molar-refractivity contribution in [1.29, 1.82) is 0 Å². The molecule has 1 N–H and O–H groups in total. The summed E-state index contributed by atoms with van der Waals surface area (Å²) in [6.45, 7) is 0.837. The maximum atomic E-state index is 12.6. The zero-order valence-electron chi connectivity index (χ0n) is 13.5. The van der Waals surface area contributed by atoms with Crippen molar-refractivity contribution in [3.63, 3.8) is 0 Å². The van der Waals surface area contributed by atoms with Crippen LogP contribution in [0.15, 0.2) is 42.5 Å². The molecule has 1 unspecified atom stereocenters. The Labute approximate surface area is 157 Å². The van der Waals surface area contributed by atoms with E-state index in [9.17, 15) is 4.79 Å². The van der Waals surface area contributed by atoms with Gasteiger partial charge in [0, 0.05) is 20.6 Å². The van der Waals surface area contributed by atoms with E-state index in [1.165, 1.54) is 0 Å². The lowest BCUT2D eigenvalue weighted by Crippen LogP contribution is -2.31. The molecule has 0 aromatic heterocycles. The number of nitrogens with zero attached hydrogens (tertiary/aromatic N) is 1. The summed E-state index contributed by atoms with van der Waals surface area (Å²) in [6, 6.07) is 12.2. The molecule has 0 aliphatic carbocycles. The number of hydrogen-bond acceptors (Lipinski definition) is 2. The van der Waals surface area contributed by atoms with E-state index in [2.05, 4.69) is 10.2 Å². The molecule has 6 heteroatoms. The number of hydrogen-bond donors (Lipinski definition) is 1. The predicted molar refractivity (Wildman–Crippen MR) is 101 cm³/mol. The highest BCUT2D eigenvalue weighted by atomic mass is 35.5. The van der Waals surface area contributed by atoms with Crippen molar-refractivity contribution in [2.45, 2.75) is 12.5 Å². The van der Waals surface area contributed by atoms with Crippen LogP contribution in [0.25, 0.3) is 0 Å². The Morgan fingerprint density at radius 2 is 1.58 bits per heavy atom. The van der Waals surface area contributed by atoms with Crippen LogP contribution in [0, 0.1) is 0 Å². The molecule has 1 amide bonds. The van der Waals surface area contributed by atoms with Gasteiger partial charge < -0.3 is 10.2 Å². The Morgan fingerprint density at radius 3 is 2.12 bits per heavy atom. The van der Waals surface area contributed by atoms with Crippen molar-refractivity contribution >= 4 is 40.7 Å². The minimum Gasteiger partial charge on any atom is -0.345 e. The van der Waals surface area contributed by atoms with Gasteiger partial charge in [-0.1, -0.05) is 46.9 Å². The van der Waals surface area contributed by atoms with Gasteiger partial charge in [0.1, 0.15) is 0 Å². The number of halogens is 3. The summed E-state index contributed by atoms with van der Waals surface area (Å²) in [5.74, 6) is -0.210. The van der Waals surface area contributed by atoms with Crippen molar-refractivity contribution in [3.05, 3.63) is 68.7 Å². The second kappa shape index (κ2) is 8.72. The molecule has 0 aliphatic heterocycles. The molecule has 128 valence electrons. The Bertz CT molecular complexity index is 682. The van der Waals surface area contributed by atoms with Crippen LogP contribution < -0.4 is 5.32 Å². The Hall–Kier alpha value is -1.26. The molecule has 1 atom stereocenters. The normalized spacial score (nSPS) is 12.2. The van der Waals surface area contributed by atoms with Gasteiger partial charge in [-0.15, -0.1) is 0 Å². The van der Waals surface area contributed by atoms with Crippen LogP contribution >= 0.6 is 34.8 Å². The van der Waals surface area contributed by atoms with Gasteiger partial charge in [0.05, 0.1) is 6.04 Å². The SMILES string of the molecule is CN(C)CCC(NC(=O)c1cc(Cl)cc(Cl)c1)c1ccc(Cl)cc1. The van der Waals surface area contributed by atoms with Crippen molar-refractivity contribution in [3.8, 4) is 0 Å². The standard InChI is InChI=1S/C18H19Cl3N2O/c1-23(2)8-7-17(12-3-5-14(19)6-4-12)22-18(24)13-9-15(20)11-16(21)10-13/h3-6,9-11,17H,7-8H2,1-2H3,(H,22,24). The third-order valence-corrected chi connectivity index (χ3v) is 4.26. The number of amides is 1. The zero-order valence-corrected chi connectivity index (χ0v) is 15.8. The lowest BCUT2D eigenvalue weighted by Gasteiger charge is -2.21. The fourth-order valence-corrected chi connectivity index (χ4v) is 2.98. The van der Waals surface area contributed by atoms with Crippen LogP contribution in [0.1, 0.15) is 28.4 Å². The summed E-state index contributed by atoms with van der Waals surface area (Å²) >= 11 is 17.9. The minimum absolute atomic E-state index is 0.130. The molecule has 24 heavy (non-hydrogen) atoms. The summed E-state index contributed by atoms with van der Waals surface area (Å²) in [6.07, 6.45) is 0.772. The smallest absolute Gasteiger partial charge is 0.251 e. The van der Waals surface area contributed by atoms with Crippen LogP contribution in [-0.2, 0) is 0 Å². The van der Waals surface area contributed by atoms with Crippen LogP contribution in [0.5, 0.6) is 0 Å². The second-order valence-corrected chi connectivity index (χ2v) is 7.14. The lowest BCUT2D eigenvalue weighted by molar-refractivity contribution is 0.0932. The quantitative estimate of drug-likeness (QED) is 0.753. The minimum atomic E-state index is -0.210. The highest BCUT2D eigenvalue weighted by Crippen LogP contribution is 2.22. The third-order valence-electron chi connectivity index (χ3n) is 3.57. The zero-order chi connectivity index (χ0) is 17.7. The van der Waals surface area contributed by atoms with E-state index in [4.69, 9.17) is 34.8 Å². The summed E-state index contributed by atoms with van der Waals surface area (Å²) in [5, 5.41) is 4.59. The molecular formula is C18H19Cl3N2O. The molecule has 0 saturated heterocycles. The molecular weight excluding hydrogens is 367 g/mol. The maximum Gasteiger partial charge on any atom is 0.251 e. The molecule has 2 aromatic carbocycles. The molecule has 0 radical (unpaired) electrons. The predicted octanol–water partition coefficient (Wildman–Crippen LogP) is 5.07. The molecule has 0 heterocycles. The Morgan fingerprint density at radius 1 is 1.00 bits per heavy atom. The first-order valence-corrected chi connectivity index (χ1v) is 8.65. The first-order chi connectivity index (χ1) is 11.3. The van der Waals surface area contributed by atoms with E-state index in [0.29, 0.717) is 20.6 Å². The maximum absolute atomic E-state index is 12.6. The van der Waals surface area contributed by atoms with E-state index >= 15 is 0 Å². The van der Waals surface area contributed by atoms with E-state index in [1.54, 1.807) is 18.2 Å². The number of nitrogens with one attached hydrogen (secondary N) is 1. The van der Waals surface area contributed by atoms with Crippen molar-refractivity contribution < 1.29 is 4.79 Å². The topological polar surface area (TPSA) is 32.3 Å². The molecule has 3 nitrogen and oxygen atoms in total. The van der Waals surface area contributed by atoms with Crippen molar-refractivity contribution in [2.24, 2.45) is 0 Å². The van der Waals surface area contributed by atoms with E-state index in [0.717, 1.165) is 18.5 Å². The van der Waals surface area contributed by atoms with Gasteiger partial charge in [-0.25, -0.2) is 0 Å². The average molecular weight is 386 g/mol. The molecule has 0 spiro atoms. The molecule has 0 bridgehead atoms. The summed E-state index contributed by atoms with van der Waals surface area (Å²) < 4.78 is 0. The largest absolute Gasteiger partial charge is 0.345 e. The molecule has 0 fully saturated rings. The van der Waals surface area contributed by atoms with Crippen LogP contribution in [0.3, 0.4) is 0 Å². The fraction of sp³-hybridized carbons (Fsp3) is 0.278. The van der Waals surface area contributed by atoms with Crippen LogP contribution in [0.2, 0.25) is 15.1 Å². The van der Waals surface area contributed by atoms with Gasteiger partial charge in [0.25, 0.3) is 5.91 Å². The van der Waals surface area contributed by atoms with Gasteiger partial charge in [-0.2, -0.15) is 0 Å². The highest BCUT2D eigenvalue weighted by Gasteiger charge is 2.17. The summed E-state index contributed by atoms with van der Waals surface area (Å²) in [4.78, 5) is 14.7. The van der Waals surface area contributed by atoms with E-state index in [-0.39, 0.29) is 11.9 Å². The number of rotatable bonds is 6. The van der Waals surface area contributed by atoms with E-state index in [1.807, 2.05) is 38.4 Å². The molecule has 2 aromatic rings. The van der Waals surface area contributed by atoms with Gasteiger partial charge in [0.15, 0.2) is 0 Å². The number of carbonyl (C=O) groups excluding carboxylic acids is 1. The van der Waals surface area contributed by atoms with Gasteiger partial charge >= 0.3 is 0 Å². The summed E-state index contributed by atoms with van der Waals surface area (Å²) in [5.41, 5.74) is 1.44. The molecule has 0 aliphatic rings. The summed E-state index contributed by atoms with van der Waals surface area (Å²) in [7, 11) is 4.00. The van der Waals surface area contributed by atoms with E-state index < -0.39 is 0 Å². The first-order valence-electron chi connectivity index (χ1n) is 7.52. The van der Waals surface area contributed by atoms with Crippen LogP contribution in [-0.4, -0.2) is 31.4 Å². The Kier molecular flexibility index (Phi) is 6.93. The fourth-order valence-electron chi connectivity index (χ4n) is 2.33. The third kappa shape index (κ3) is 5.67. The highest BCUT2D eigenvalue weighted by molar-refractivity contribution is 6.35. The van der Waals surface area contributed by atoms with Gasteiger partial charge in [-0.3, -0.25) is 4.79 Å². The Balaban J connectivity index is 2.20. The first kappa shape index (κ1) is 19.1. The number of carbonyl (C=O) groups is 1. The average Bonchev–Trinajstić information content (AvgIpc) is 2.51. The van der Waals surface area contributed by atoms with Gasteiger partial charge in [0.2, 0.25) is 0 Å².